The molecular weight excluding hydrogens is 356 g/mol. The Labute approximate surface area is 162 Å². The van der Waals surface area contributed by atoms with Crippen LogP contribution in [0.2, 0.25) is 0 Å². The van der Waals surface area contributed by atoms with Crippen molar-refractivity contribution in [2.75, 3.05) is 7.11 Å². The second-order valence-corrected chi connectivity index (χ2v) is 6.80. The van der Waals surface area contributed by atoms with E-state index in [1.165, 1.54) is 5.56 Å². The van der Waals surface area contributed by atoms with Gasteiger partial charge in [0, 0.05) is 29.4 Å². The molecule has 27 heavy (non-hydrogen) atoms. The Bertz CT molecular complexity index is 1000. The van der Waals surface area contributed by atoms with Crippen molar-refractivity contribution in [1.29, 1.82) is 0 Å². The summed E-state index contributed by atoms with van der Waals surface area (Å²) < 4.78 is 7.34. The highest BCUT2D eigenvalue weighted by molar-refractivity contribution is 7.98. The van der Waals surface area contributed by atoms with Gasteiger partial charge in [0.2, 0.25) is 0 Å². The lowest BCUT2D eigenvalue weighted by molar-refractivity contribution is 0.414. The van der Waals surface area contributed by atoms with Gasteiger partial charge in [-0.05, 0) is 42.0 Å². The third-order valence-electron chi connectivity index (χ3n) is 4.09. The number of hydrogen-bond acceptors (Lipinski definition) is 5. The fourth-order valence-electron chi connectivity index (χ4n) is 2.73. The summed E-state index contributed by atoms with van der Waals surface area (Å²) in [6.45, 7) is 0. The molecule has 0 spiro atoms. The molecule has 0 aliphatic carbocycles. The van der Waals surface area contributed by atoms with Crippen LogP contribution < -0.4 is 4.74 Å². The van der Waals surface area contributed by atoms with Gasteiger partial charge in [-0.1, -0.05) is 42.1 Å². The molecule has 0 saturated heterocycles. The van der Waals surface area contributed by atoms with E-state index in [9.17, 15) is 0 Å². The zero-order valence-corrected chi connectivity index (χ0v) is 15.6. The lowest BCUT2D eigenvalue weighted by Gasteiger charge is -2.11. The molecule has 0 atom stereocenters. The Morgan fingerprint density at radius 2 is 1.74 bits per heavy atom. The highest BCUT2D eigenvalue weighted by Gasteiger charge is 2.16. The molecule has 134 valence electrons. The molecule has 0 radical (unpaired) electrons. The Morgan fingerprint density at radius 3 is 2.44 bits per heavy atom. The van der Waals surface area contributed by atoms with Gasteiger partial charge in [-0.25, -0.2) is 0 Å². The largest absolute Gasteiger partial charge is 0.497 e. The SMILES string of the molecule is COc1ccc(-n2c(SCc3ccccc3)nnc2-c2cccnc2)cc1. The van der Waals surface area contributed by atoms with E-state index in [1.54, 1.807) is 31.3 Å². The maximum absolute atomic E-state index is 5.28. The standard InChI is InChI=1S/C21H18N4OS/c1-26-19-11-9-18(10-12-19)25-20(17-8-5-13-22-14-17)23-24-21(25)27-15-16-6-3-2-4-7-16/h2-14H,15H2,1H3. The van der Waals surface area contributed by atoms with Crippen LogP contribution in [0.15, 0.2) is 84.3 Å². The maximum Gasteiger partial charge on any atom is 0.196 e. The Hall–Kier alpha value is -3.12. The maximum atomic E-state index is 5.28. The van der Waals surface area contributed by atoms with Crippen LogP contribution in [0.1, 0.15) is 5.56 Å². The third kappa shape index (κ3) is 3.85. The van der Waals surface area contributed by atoms with Gasteiger partial charge >= 0.3 is 0 Å². The second-order valence-electron chi connectivity index (χ2n) is 5.86. The fourth-order valence-corrected chi connectivity index (χ4v) is 3.64. The second kappa shape index (κ2) is 8.05. The number of benzene rings is 2. The van der Waals surface area contributed by atoms with Crippen molar-refractivity contribution >= 4 is 11.8 Å². The van der Waals surface area contributed by atoms with Gasteiger partial charge in [0.05, 0.1) is 7.11 Å². The number of ether oxygens (including phenoxy) is 1. The average Bonchev–Trinajstić information content (AvgIpc) is 3.17. The van der Waals surface area contributed by atoms with E-state index in [-0.39, 0.29) is 0 Å². The minimum Gasteiger partial charge on any atom is -0.497 e. The Kier molecular flexibility index (Phi) is 5.16. The predicted molar refractivity (Wildman–Crippen MR) is 107 cm³/mol. The molecule has 0 fully saturated rings. The average molecular weight is 374 g/mol. The molecule has 0 aliphatic heterocycles. The van der Waals surface area contributed by atoms with Crippen molar-refractivity contribution in [1.82, 2.24) is 19.7 Å². The third-order valence-corrected chi connectivity index (χ3v) is 5.09. The van der Waals surface area contributed by atoms with Crippen LogP contribution in [-0.2, 0) is 5.75 Å². The molecule has 0 amide bonds. The molecule has 4 aromatic rings. The summed E-state index contributed by atoms with van der Waals surface area (Å²) in [7, 11) is 1.66. The van der Waals surface area contributed by atoms with Crippen LogP contribution in [-0.4, -0.2) is 26.9 Å². The van der Waals surface area contributed by atoms with Gasteiger partial charge in [0.25, 0.3) is 0 Å². The molecule has 2 heterocycles. The molecule has 5 nitrogen and oxygen atoms in total. The van der Waals surface area contributed by atoms with E-state index in [0.29, 0.717) is 0 Å². The first-order valence-corrected chi connectivity index (χ1v) is 9.50. The van der Waals surface area contributed by atoms with Crippen LogP contribution in [0.5, 0.6) is 5.75 Å². The number of aromatic nitrogens is 4. The van der Waals surface area contributed by atoms with Crippen molar-refractivity contribution in [2.24, 2.45) is 0 Å². The summed E-state index contributed by atoms with van der Waals surface area (Å²) in [4.78, 5) is 4.22. The van der Waals surface area contributed by atoms with Gasteiger partial charge < -0.3 is 4.74 Å². The normalized spacial score (nSPS) is 10.7. The lowest BCUT2D eigenvalue weighted by atomic mass is 10.2. The highest BCUT2D eigenvalue weighted by Crippen LogP contribution is 2.30. The van der Waals surface area contributed by atoms with E-state index in [1.807, 2.05) is 54.6 Å². The summed E-state index contributed by atoms with van der Waals surface area (Å²) in [5.41, 5.74) is 3.15. The van der Waals surface area contributed by atoms with Gasteiger partial charge in [0.1, 0.15) is 5.75 Å². The molecule has 0 saturated carbocycles. The van der Waals surface area contributed by atoms with E-state index < -0.39 is 0 Å². The lowest BCUT2D eigenvalue weighted by Crippen LogP contribution is -2.00. The van der Waals surface area contributed by atoms with Crippen LogP contribution in [0, 0.1) is 0 Å². The van der Waals surface area contributed by atoms with Crippen LogP contribution >= 0.6 is 11.8 Å². The monoisotopic (exact) mass is 374 g/mol. The van der Waals surface area contributed by atoms with Gasteiger partial charge in [-0.2, -0.15) is 0 Å². The first-order chi connectivity index (χ1) is 13.3. The smallest absolute Gasteiger partial charge is 0.196 e. The number of rotatable bonds is 6. The van der Waals surface area contributed by atoms with E-state index >= 15 is 0 Å². The van der Waals surface area contributed by atoms with Gasteiger partial charge in [0.15, 0.2) is 11.0 Å². The molecule has 0 unspecified atom stereocenters. The minimum atomic E-state index is 0.767. The van der Waals surface area contributed by atoms with E-state index in [0.717, 1.165) is 33.7 Å². The molecule has 2 aromatic carbocycles. The van der Waals surface area contributed by atoms with Crippen molar-refractivity contribution in [3.8, 4) is 22.8 Å². The van der Waals surface area contributed by atoms with Gasteiger partial charge in [-0.3, -0.25) is 9.55 Å². The zero-order valence-electron chi connectivity index (χ0n) is 14.8. The molecular formula is C21H18N4OS. The number of nitrogens with zero attached hydrogens (tertiary/aromatic N) is 4. The number of pyridine rings is 1. The summed E-state index contributed by atoms with van der Waals surface area (Å²) in [5, 5.41) is 9.72. The van der Waals surface area contributed by atoms with Crippen LogP contribution in [0.3, 0.4) is 0 Å². The summed E-state index contributed by atoms with van der Waals surface area (Å²) in [5.74, 6) is 2.40. The van der Waals surface area contributed by atoms with Crippen molar-refractivity contribution in [3.05, 3.63) is 84.7 Å². The fraction of sp³-hybridized carbons (Fsp3) is 0.0952. The van der Waals surface area contributed by atoms with E-state index in [4.69, 9.17) is 4.74 Å². The summed E-state index contributed by atoms with van der Waals surface area (Å²) in [6.07, 6.45) is 3.55. The number of methoxy groups -OCH3 is 1. The summed E-state index contributed by atoms with van der Waals surface area (Å²) in [6, 6.07) is 22.1. The van der Waals surface area contributed by atoms with Crippen molar-refractivity contribution < 1.29 is 4.74 Å². The molecule has 0 N–H and O–H groups in total. The van der Waals surface area contributed by atoms with Crippen molar-refractivity contribution in [3.63, 3.8) is 0 Å². The molecule has 6 heteroatoms. The number of thioether (sulfide) groups is 1. The molecule has 4 rings (SSSR count). The van der Waals surface area contributed by atoms with Crippen LogP contribution in [0.4, 0.5) is 0 Å². The minimum absolute atomic E-state index is 0.767. The Balaban J connectivity index is 1.73. The van der Waals surface area contributed by atoms with Crippen molar-refractivity contribution in [2.45, 2.75) is 10.9 Å². The van der Waals surface area contributed by atoms with E-state index in [2.05, 4.69) is 31.9 Å². The molecule has 0 bridgehead atoms. The van der Waals surface area contributed by atoms with Crippen LogP contribution in [0.25, 0.3) is 17.1 Å². The topological polar surface area (TPSA) is 52.8 Å². The number of hydrogen-bond donors (Lipinski definition) is 0. The molecule has 2 aromatic heterocycles. The highest BCUT2D eigenvalue weighted by atomic mass is 32.2. The quantitative estimate of drug-likeness (QED) is 0.461. The first kappa shape index (κ1) is 17.3. The zero-order chi connectivity index (χ0) is 18.5. The first-order valence-electron chi connectivity index (χ1n) is 8.52. The summed E-state index contributed by atoms with van der Waals surface area (Å²) >= 11 is 1.66. The van der Waals surface area contributed by atoms with Gasteiger partial charge in [-0.15, -0.1) is 10.2 Å². The predicted octanol–water partition coefficient (Wildman–Crippen LogP) is 4.63. The Morgan fingerprint density at radius 1 is 0.926 bits per heavy atom. The molecule has 0 aliphatic rings.